The Hall–Kier alpha value is -1.88. The normalized spacial score (nSPS) is 11.1. The molecule has 0 spiro atoms. The van der Waals surface area contributed by atoms with E-state index in [1.807, 2.05) is 36.6 Å². The lowest BCUT2D eigenvalue weighted by atomic mass is 10.2. The van der Waals surface area contributed by atoms with Crippen molar-refractivity contribution in [2.45, 2.75) is 46.5 Å². The van der Waals surface area contributed by atoms with E-state index in [2.05, 4.69) is 17.2 Å². The molecule has 2 rings (SSSR count). The van der Waals surface area contributed by atoms with Gasteiger partial charge in [-0.2, -0.15) is 0 Å². The summed E-state index contributed by atoms with van der Waals surface area (Å²) in [5.41, 5.74) is 3.43. The molecule has 5 heteroatoms. The van der Waals surface area contributed by atoms with Gasteiger partial charge in [0, 0.05) is 26.0 Å². The Bertz CT molecular complexity index is 649. The van der Waals surface area contributed by atoms with Crippen molar-refractivity contribution in [2.75, 3.05) is 19.8 Å². The van der Waals surface area contributed by atoms with Crippen LogP contribution in [-0.2, 0) is 11.2 Å². The van der Waals surface area contributed by atoms with E-state index in [-0.39, 0.29) is 5.91 Å². The number of unbranched alkanes of at least 4 members (excludes halogenated alkanes) is 1. The Morgan fingerprint density at radius 3 is 2.83 bits per heavy atom. The number of nitrogens with one attached hydrogen (secondary N) is 1. The fraction of sp³-hybridized carbons (Fsp3) is 0.556. The average Bonchev–Trinajstić information content (AvgIpc) is 2.94. The molecule has 0 saturated heterocycles. The first-order chi connectivity index (χ1) is 11.2. The average molecular weight is 317 g/mol. The van der Waals surface area contributed by atoms with Crippen LogP contribution in [0.15, 0.2) is 18.3 Å². The van der Waals surface area contributed by atoms with E-state index in [0.717, 1.165) is 49.2 Å². The zero-order valence-corrected chi connectivity index (χ0v) is 14.4. The predicted molar refractivity (Wildman–Crippen MR) is 92.0 cm³/mol. The van der Waals surface area contributed by atoms with Gasteiger partial charge in [-0.3, -0.25) is 9.20 Å². The van der Waals surface area contributed by atoms with Crippen LogP contribution < -0.4 is 5.32 Å². The van der Waals surface area contributed by atoms with Gasteiger partial charge in [-0.1, -0.05) is 26.3 Å². The van der Waals surface area contributed by atoms with Crippen LogP contribution in [0.3, 0.4) is 0 Å². The summed E-state index contributed by atoms with van der Waals surface area (Å²) in [7, 11) is 0. The molecule has 5 nitrogen and oxygen atoms in total. The molecule has 2 heterocycles. The number of imidazole rings is 1. The monoisotopic (exact) mass is 317 g/mol. The Morgan fingerprint density at radius 2 is 2.09 bits per heavy atom. The fourth-order valence-corrected chi connectivity index (χ4v) is 2.55. The number of carbonyl (C=O) groups is 1. The molecule has 0 aromatic carbocycles. The smallest absolute Gasteiger partial charge is 0.270 e. The first-order valence-corrected chi connectivity index (χ1v) is 8.51. The molecular weight excluding hydrogens is 290 g/mol. The van der Waals surface area contributed by atoms with Gasteiger partial charge in [0.2, 0.25) is 0 Å². The number of aromatic nitrogens is 2. The van der Waals surface area contributed by atoms with Crippen LogP contribution in [0.4, 0.5) is 0 Å². The SMILES string of the molecule is CCCCOCCCNC(=O)c1c(CC)nc2c(C)cccn12. The lowest BCUT2D eigenvalue weighted by Gasteiger charge is -2.07. The Labute approximate surface area is 138 Å². The van der Waals surface area contributed by atoms with E-state index in [9.17, 15) is 4.79 Å². The molecule has 2 aromatic rings. The number of pyridine rings is 1. The molecule has 1 amide bonds. The Balaban J connectivity index is 1.97. The number of fused-ring (bicyclic) bond motifs is 1. The number of hydrogen-bond donors (Lipinski definition) is 1. The van der Waals surface area contributed by atoms with Gasteiger partial charge in [-0.05, 0) is 37.8 Å². The van der Waals surface area contributed by atoms with Crippen molar-refractivity contribution in [1.82, 2.24) is 14.7 Å². The van der Waals surface area contributed by atoms with Gasteiger partial charge in [-0.25, -0.2) is 4.98 Å². The lowest BCUT2D eigenvalue weighted by Crippen LogP contribution is -2.27. The number of nitrogens with zero attached hydrogens (tertiary/aromatic N) is 2. The first kappa shape index (κ1) is 17.5. The molecule has 0 unspecified atom stereocenters. The summed E-state index contributed by atoms with van der Waals surface area (Å²) in [6.45, 7) is 8.29. The van der Waals surface area contributed by atoms with Crippen molar-refractivity contribution in [2.24, 2.45) is 0 Å². The molecule has 0 radical (unpaired) electrons. The Kier molecular flexibility index (Phi) is 6.59. The van der Waals surface area contributed by atoms with Crippen LogP contribution in [0.2, 0.25) is 0 Å². The number of rotatable bonds is 9. The van der Waals surface area contributed by atoms with E-state index >= 15 is 0 Å². The molecule has 1 N–H and O–H groups in total. The number of aryl methyl sites for hydroxylation is 2. The molecule has 0 saturated carbocycles. The largest absolute Gasteiger partial charge is 0.381 e. The molecule has 2 aromatic heterocycles. The maximum absolute atomic E-state index is 12.5. The number of hydrogen-bond acceptors (Lipinski definition) is 3. The van der Waals surface area contributed by atoms with Crippen molar-refractivity contribution in [3.63, 3.8) is 0 Å². The van der Waals surface area contributed by atoms with Crippen LogP contribution >= 0.6 is 0 Å². The van der Waals surface area contributed by atoms with E-state index < -0.39 is 0 Å². The third kappa shape index (κ3) is 4.32. The zero-order valence-electron chi connectivity index (χ0n) is 14.4. The van der Waals surface area contributed by atoms with Crippen LogP contribution in [0.25, 0.3) is 5.65 Å². The maximum Gasteiger partial charge on any atom is 0.270 e. The third-order valence-electron chi connectivity index (χ3n) is 3.86. The topological polar surface area (TPSA) is 55.6 Å². The first-order valence-electron chi connectivity index (χ1n) is 8.51. The minimum absolute atomic E-state index is 0.0616. The summed E-state index contributed by atoms with van der Waals surface area (Å²) in [6, 6.07) is 3.96. The summed E-state index contributed by atoms with van der Waals surface area (Å²) >= 11 is 0. The van der Waals surface area contributed by atoms with Gasteiger partial charge >= 0.3 is 0 Å². The van der Waals surface area contributed by atoms with Crippen LogP contribution in [-0.4, -0.2) is 35.1 Å². The van der Waals surface area contributed by atoms with Gasteiger partial charge in [0.15, 0.2) is 0 Å². The van der Waals surface area contributed by atoms with Gasteiger partial charge < -0.3 is 10.1 Å². The molecule has 0 bridgehead atoms. The number of ether oxygens (including phenoxy) is 1. The van der Waals surface area contributed by atoms with Crippen molar-refractivity contribution in [3.8, 4) is 0 Å². The van der Waals surface area contributed by atoms with Crippen LogP contribution in [0.5, 0.6) is 0 Å². The standard InChI is InChI=1S/C18H27N3O2/c1-4-6-12-23-13-8-10-19-18(22)16-15(5-2)20-17-14(3)9-7-11-21(16)17/h7,9,11H,4-6,8,10,12-13H2,1-3H3,(H,19,22). The fourth-order valence-electron chi connectivity index (χ4n) is 2.55. The molecule has 0 aliphatic rings. The molecular formula is C18H27N3O2. The van der Waals surface area contributed by atoms with Crippen molar-refractivity contribution in [3.05, 3.63) is 35.3 Å². The molecule has 23 heavy (non-hydrogen) atoms. The lowest BCUT2D eigenvalue weighted by molar-refractivity contribution is 0.0933. The van der Waals surface area contributed by atoms with E-state index in [0.29, 0.717) is 18.8 Å². The molecule has 0 aliphatic heterocycles. The molecule has 0 fully saturated rings. The summed E-state index contributed by atoms with van der Waals surface area (Å²) in [6.07, 6.45) is 5.70. The molecule has 126 valence electrons. The minimum Gasteiger partial charge on any atom is -0.381 e. The highest BCUT2D eigenvalue weighted by atomic mass is 16.5. The summed E-state index contributed by atoms with van der Waals surface area (Å²) < 4.78 is 7.40. The van der Waals surface area contributed by atoms with Gasteiger partial charge in [0.25, 0.3) is 5.91 Å². The van der Waals surface area contributed by atoms with Gasteiger partial charge in [0.1, 0.15) is 11.3 Å². The highest BCUT2D eigenvalue weighted by molar-refractivity contribution is 5.94. The second-order valence-corrected chi connectivity index (χ2v) is 5.72. The second-order valence-electron chi connectivity index (χ2n) is 5.72. The summed E-state index contributed by atoms with van der Waals surface area (Å²) in [5.74, 6) is -0.0616. The highest BCUT2D eigenvalue weighted by Crippen LogP contribution is 2.16. The minimum atomic E-state index is -0.0616. The van der Waals surface area contributed by atoms with E-state index in [1.165, 1.54) is 0 Å². The highest BCUT2D eigenvalue weighted by Gasteiger charge is 2.18. The van der Waals surface area contributed by atoms with Crippen molar-refractivity contribution in [1.29, 1.82) is 0 Å². The van der Waals surface area contributed by atoms with Crippen molar-refractivity contribution >= 4 is 11.6 Å². The van der Waals surface area contributed by atoms with Crippen LogP contribution in [0.1, 0.15) is 54.9 Å². The maximum atomic E-state index is 12.5. The Morgan fingerprint density at radius 1 is 1.30 bits per heavy atom. The molecule has 0 atom stereocenters. The zero-order chi connectivity index (χ0) is 16.7. The summed E-state index contributed by atoms with van der Waals surface area (Å²) in [4.78, 5) is 17.1. The second kappa shape index (κ2) is 8.67. The quantitative estimate of drug-likeness (QED) is 0.723. The molecule has 0 aliphatic carbocycles. The van der Waals surface area contributed by atoms with E-state index in [4.69, 9.17) is 4.74 Å². The van der Waals surface area contributed by atoms with Crippen molar-refractivity contribution < 1.29 is 9.53 Å². The number of carbonyl (C=O) groups excluding carboxylic acids is 1. The predicted octanol–water partition coefficient (Wildman–Crippen LogP) is 3.14. The number of amides is 1. The van der Waals surface area contributed by atoms with E-state index in [1.54, 1.807) is 0 Å². The van der Waals surface area contributed by atoms with Crippen LogP contribution in [0, 0.1) is 6.92 Å². The van der Waals surface area contributed by atoms with Gasteiger partial charge in [0.05, 0.1) is 5.69 Å². The van der Waals surface area contributed by atoms with Gasteiger partial charge in [-0.15, -0.1) is 0 Å². The summed E-state index contributed by atoms with van der Waals surface area (Å²) in [5, 5.41) is 2.98. The third-order valence-corrected chi connectivity index (χ3v) is 3.86.